The topological polar surface area (TPSA) is 55.1 Å². The molecule has 4 aliphatic rings. The van der Waals surface area contributed by atoms with Crippen molar-refractivity contribution in [3.05, 3.63) is 41.9 Å². The summed E-state index contributed by atoms with van der Waals surface area (Å²) in [6, 6.07) is 7.88. The highest BCUT2D eigenvalue weighted by atomic mass is 19.1. The van der Waals surface area contributed by atoms with E-state index in [9.17, 15) is 9.18 Å². The molecule has 4 bridgehead atoms. The monoisotopic (exact) mass is 354 g/mol. The Kier molecular flexibility index (Phi) is 3.66. The average molecular weight is 354 g/mol. The number of nitrogens with zero attached hydrogens (tertiary/aromatic N) is 1. The Hall–Kier alpha value is -2.17. The molecule has 0 atom stereocenters. The van der Waals surface area contributed by atoms with E-state index in [2.05, 4.69) is 10.5 Å². The Morgan fingerprint density at radius 1 is 1.15 bits per heavy atom. The third-order valence-corrected chi connectivity index (χ3v) is 6.67. The lowest BCUT2D eigenvalue weighted by atomic mass is 9.49. The zero-order chi connectivity index (χ0) is 17.7. The van der Waals surface area contributed by atoms with Gasteiger partial charge in [0.05, 0.1) is 0 Å². The van der Waals surface area contributed by atoms with Gasteiger partial charge in [0, 0.05) is 18.2 Å². The quantitative estimate of drug-likeness (QED) is 0.884. The molecule has 5 heteroatoms. The van der Waals surface area contributed by atoms with Crippen LogP contribution in [0.4, 0.5) is 4.39 Å². The van der Waals surface area contributed by atoms with Crippen molar-refractivity contribution in [2.45, 2.75) is 38.5 Å². The molecule has 4 fully saturated rings. The third kappa shape index (κ3) is 2.74. The molecule has 1 aromatic carbocycles. The molecule has 2 aromatic rings. The Morgan fingerprint density at radius 2 is 1.81 bits per heavy atom. The maximum absolute atomic E-state index is 13.9. The number of nitrogens with one attached hydrogen (secondary N) is 1. The van der Waals surface area contributed by atoms with E-state index in [0.717, 1.165) is 17.8 Å². The summed E-state index contributed by atoms with van der Waals surface area (Å²) in [4.78, 5) is 12.5. The summed E-state index contributed by atoms with van der Waals surface area (Å²) in [6.45, 7) is 0.713. The maximum Gasteiger partial charge on any atom is 0.289 e. The van der Waals surface area contributed by atoms with Gasteiger partial charge in [-0.3, -0.25) is 4.79 Å². The van der Waals surface area contributed by atoms with E-state index in [-0.39, 0.29) is 22.9 Å². The molecule has 0 unspecified atom stereocenters. The molecule has 26 heavy (non-hydrogen) atoms. The van der Waals surface area contributed by atoms with Gasteiger partial charge in [-0.1, -0.05) is 17.3 Å². The van der Waals surface area contributed by atoms with Gasteiger partial charge in [-0.2, -0.15) is 0 Å². The molecule has 6 rings (SSSR count). The van der Waals surface area contributed by atoms with Crippen LogP contribution in [-0.4, -0.2) is 17.6 Å². The highest BCUT2D eigenvalue weighted by Gasteiger charge is 2.50. The first-order valence-corrected chi connectivity index (χ1v) is 9.60. The lowest BCUT2D eigenvalue weighted by Crippen LogP contribution is -2.51. The fourth-order valence-electron chi connectivity index (χ4n) is 6.04. The number of benzene rings is 1. The number of hydrogen-bond donors (Lipinski definition) is 1. The van der Waals surface area contributed by atoms with Crippen LogP contribution >= 0.6 is 0 Å². The third-order valence-electron chi connectivity index (χ3n) is 6.67. The summed E-state index contributed by atoms with van der Waals surface area (Å²) in [7, 11) is 0. The Bertz CT molecular complexity index is 809. The van der Waals surface area contributed by atoms with Gasteiger partial charge in [0.25, 0.3) is 5.91 Å². The van der Waals surface area contributed by atoms with Crippen LogP contribution in [0.3, 0.4) is 0 Å². The van der Waals surface area contributed by atoms with Crippen molar-refractivity contribution >= 4 is 5.91 Å². The summed E-state index contributed by atoms with van der Waals surface area (Å²) in [5.74, 6) is 2.09. The first-order chi connectivity index (χ1) is 12.6. The predicted molar refractivity (Wildman–Crippen MR) is 94.8 cm³/mol. The van der Waals surface area contributed by atoms with Crippen molar-refractivity contribution in [2.75, 3.05) is 6.54 Å². The molecule has 1 amide bonds. The molecular formula is C21H23FN2O2. The average Bonchev–Trinajstić information content (AvgIpc) is 3.09. The lowest BCUT2D eigenvalue weighted by molar-refractivity contribution is -0.0504. The van der Waals surface area contributed by atoms with Gasteiger partial charge in [-0.15, -0.1) is 0 Å². The maximum atomic E-state index is 13.9. The van der Waals surface area contributed by atoms with Crippen molar-refractivity contribution in [3.8, 4) is 11.3 Å². The smallest absolute Gasteiger partial charge is 0.289 e. The number of carbonyl (C=O) groups excluding carboxylic acids is 1. The highest BCUT2D eigenvalue weighted by Crippen LogP contribution is 2.59. The number of rotatable bonds is 4. The molecule has 4 saturated carbocycles. The molecule has 0 spiro atoms. The number of halogens is 1. The van der Waals surface area contributed by atoms with Gasteiger partial charge in [0.2, 0.25) is 5.76 Å². The standard InChI is InChI=1S/C21H23FN2O2/c22-17-4-2-1-3-16(17)18-8-19(26-24-18)20(25)23-12-21-9-13-5-14(10-21)7-15(6-13)11-21/h1-4,8,13-15H,5-7,9-12H2,(H,23,25). The first-order valence-electron chi connectivity index (χ1n) is 9.60. The van der Waals surface area contributed by atoms with Crippen LogP contribution in [0.2, 0.25) is 0 Å². The van der Waals surface area contributed by atoms with Gasteiger partial charge >= 0.3 is 0 Å². The summed E-state index contributed by atoms with van der Waals surface area (Å²) >= 11 is 0. The van der Waals surface area contributed by atoms with E-state index in [1.807, 2.05) is 0 Å². The molecule has 1 heterocycles. The minimum Gasteiger partial charge on any atom is -0.350 e. The molecule has 1 N–H and O–H groups in total. The van der Waals surface area contributed by atoms with E-state index in [4.69, 9.17) is 4.52 Å². The van der Waals surface area contributed by atoms with Crippen LogP contribution in [0.1, 0.15) is 49.1 Å². The second-order valence-corrected chi connectivity index (χ2v) is 8.66. The lowest BCUT2D eigenvalue weighted by Gasteiger charge is -2.56. The normalized spacial score (nSPS) is 32.0. The van der Waals surface area contributed by atoms with Gasteiger partial charge < -0.3 is 9.84 Å². The minimum atomic E-state index is -0.374. The largest absolute Gasteiger partial charge is 0.350 e. The van der Waals surface area contributed by atoms with Crippen LogP contribution in [0.15, 0.2) is 34.9 Å². The molecule has 0 aliphatic heterocycles. The Labute approximate surface area is 152 Å². The van der Waals surface area contributed by atoms with E-state index >= 15 is 0 Å². The summed E-state index contributed by atoms with van der Waals surface area (Å²) in [5, 5.41) is 6.94. The zero-order valence-corrected chi connectivity index (χ0v) is 14.7. The van der Waals surface area contributed by atoms with Crippen LogP contribution in [0.25, 0.3) is 11.3 Å². The second-order valence-electron chi connectivity index (χ2n) is 8.66. The fourth-order valence-corrected chi connectivity index (χ4v) is 6.04. The van der Waals surface area contributed by atoms with Crippen LogP contribution < -0.4 is 5.32 Å². The van der Waals surface area contributed by atoms with Crippen LogP contribution in [0, 0.1) is 29.0 Å². The molecule has 1 aromatic heterocycles. The van der Waals surface area contributed by atoms with Gasteiger partial charge in [0.15, 0.2) is 0 Å². The molecule has 4 nitrogen and oxygen atoms in total. The predicted octanol–water partition coefficient (Wildman–Crippen LogP) is 4.43. The van der Waals surface area contributed by atoms with Gasteiger partial charge in [-0.25, -0.2) is 4.39 Å². The summed E-state index contributed by atoms with van der Waals surface area (Å²) < 4.78 is 19.1. The fraction of sp³-hybridized carbons (Fsp3) is 0.524. The van der Waals surface area contributed by atoms with E-state index < -0.39 is 0 Å². The van der Waals surface area contributed by atoms with Crippen LogP contribution in [0.5, 0.6) is 0 Å². The number of aromatic nitrogens is 1. The van der Waals surface area contributed by atoms with Crippen LogP contribution in [-0.2, 0) is 0 Å². The van der Waals surface area contributed by atoms with Crippen molar-refractivity contribution in [3.63, 3.8) is 0 Å². The van der Waals surface area contributed by atoms with E-state index in [1.54, 1.807) is 18.2 Å². The van der Waals surface area contributed by atoms with Crippen molar-refractivity contribution in [2.24, 2.45) is 23.2 Å². The Balaban J connectivity index is 1.28. The summed E-state index contributed by atoms with van der Waals surface area (Å²) in [6.07, 6.45) is 7.91. The molecular weight excluding hydrogens is 331 g/mol. The van der Waals surface area contributed by atoms with Gasteiger partial charge in [0.1, 0.15) is 11.5 Å². The van der Waals surface area contributed by atoms with Crippen molar-refractivity contribution in [1.29, 1.82) is 0 Å². The second kappa shape index (κ2) is 5.93. The number of hydrogen-bond acceptors (Lipinski definition) is 3. The molecule has 4 aliphatic carbocycles. The Morgan fingerprint density at radius 3 is 2.46 bits per heavy atom. The van der Waals surface area contributed by atoms with Gasteiger partial charge in [-0.05, 0) is 73.8 Å². The number of carbonyl (C=O) groups is 1. The number of amides is 1. The van der Waals surface area contributed by atoms with Crippen molar-refractivity contribution < 1.29 is 13.7 Å². The van der Waals surface area contributed by atoms with Crippen molar-refractivity contribution in [1.82, 2.24) is 10.5 Å². The molecule has 0 radical (unpaired) electrons. The van der Waals surface area contributed by atoms with E-state index in [1.165, 1.54) is 50.7 Å². The summed E-state index contributed by atoms with van der Waals surface area (Å²) in [5.41, 5.74) is 0.971. The first kappa shape index (κ1) is 16.0. The van der Waals surface area contributed by atoms with E-state index in [0.29, 0.717) is 17.8 Å². The molecule has 0 saturated heterocycles. The highest BCUT2D eigenvalue weighted by molar-refractivity contribution is 5.92. The SMILES string of the molecule is O=C(NCC12CC3CC(CC(C3)C1)C2)c1cc(-c2ccccc2F)no1. The molecule has 136 valence electrons. The zero-order valence-electron chi connectivity index (χ0n) is 14.7. The minimum absolute atomic E-state index is 0.146.